The number of aliphatic hydroxyl groups excluding tert-OH is 5. The average Bonchev–Trinajstić information content (AvgIpc) is 3.55. The molecule has 7 rings (SSSR count). The molecule has 9 atom stereocenters. The van der Waals surface area contributed by atoms with Crippen molar-refractivity contribution < 1.29 is 54.1 Å². The minimum Gasteiger partial charge on any atom is -0.507 e. The van der Waals surface area contributed by atoms with Crippen LogP contribution in [-0.4, -0.2) is 123 Å². The van der Waals surface area contributed by atoms with Crippen molar-refractivity contribution in [1.29, 1.82) is 0 Å². The minimum absolute atomic E-state index is 0.00180. The Bertz CT molecular complexity index is 2800. The third kappa shape index (κ3) is 8.75. The number of allylic oxidation sites excluding steroid dienone is 2. The molecule has 0 radical (unpaired) electrons. The highest BCUT2D eigenvalue weighted by molar-refractivity contribution is 6.17. The number of amides is 1. The number of hydrogen-bond acceptors (Lipinski definition) is 16. The number of carbonyl (C=O) groups is 1. The van der Waals surface area contributed by atoms with Gasteiger partial charge in [-0.05, 0) is 18.9 Å². The van der Waals surface area contributed by atoms with Crippen LogP contribution >= 0.6 is 0 Å². The highest BCUT2D eigenvalue weighted by Crippen LogP contribution is 2.42. The smallest absolute Gasteiger partial charge is 0.307 e. The lowest BCUT2D eigenvalue weighted by atomic mass is 9.78. The lowest BCUT2D eigenvalue weighted by Gasteiger charge is -2.36. The van der Waals surface area contributed by atoms with Crippen molar-refractivity contribution in [2.24, 2.45) is 29.6 Å². The SMILES string of the molecule is CO[C@H]1C=CO[C@@]2(C)Oc3c(C)c(O)c4c(=O)c(c5oc6cc(N7CCN(CC(C)C)CC7)cc(=O)c6nc5c4c3=C2O)NC(=O)/C(CO)=C\C=C/[C@H](C)[C@H](O)[C@@H](C)[C@@H](O)[C@@H](C)[C@H](O)[C@@H]1C. The fourth-order valence-corrected chi connectivity index (χ4v) is 9.45. The maximum absolute atomic E-state index is 14.9. The van der Waals surface area contributed by atoms with Crippen molar-refractivity contribution in [3.63, 3.8) is 0 Å². The fraction of sp³-hybridized carbons (Fsp3) is 0.510. The number of anilines is 2. The summed E-state index contributed by atoms with van der Waals surface area (Å²) in [6.07, 6.45) is 2.90. The van der Waals surface area contributed by atoms with Crippen LogP contribution in [0.5, 0.6) is 11.5 Å². The standard InChI is InChI=1S/C49H62N4O13/c1-23(2)21-52-14-16-53(17-15-52)30-19-31(55)37-33(20-30)65-46-38(50-37)34-35-43(59)28(7)45-36(34)47(61)49(8,66-45)64-18-13-32(63-9)25(4)41(57)27(6)42(58)26(5)40(56)24(3)11-10-12-29(22-54)48(62)51-39(46)44(35)60/h10-13,18-20,23-27,32,40-42,54,56-59,61H,14-17,21-22H2,1-9H3,(H,51,62)/b11-10-,18-13?,29-12-/t24-,25+,26+,27-,32-,40-,41+,42+,49-/m0/s1. The van der Waals surface area contributed by atoms with Gasteiger partial charge in [0.2, 0.25) is 10.9 Å². The third-order valence-corrected chi connectivity index (χ3v) is 13.6. The van der Waals surface area contributed by atoms with E-state index in [2.05, 4.69) is 29.0 Å². The van der Waals surface area contributed by atoms with Crippen LogP contribution in [0.2, 0.25) is 0 Å². The molecule has 0 aliphatic carbocycles. The number of piperazine rings is 1. The van der Waals surface area contributed by atoms with E-state index in [1.165, 1.54) is 51.5 Å². The molecule has 4 aromatic rings. The van der Waals surface area contributed by atoms with Gasteiger partial charge in [0.05, 0.1) is 47.9 Å². The molecule has 3 aliphatic heterocycles. The van der Waals surface area contributed by atoms with Crippen LogP contribution in [0.1, 0.15) is 54.0 Å². The molecule has 17 heteroatoms. The van der Waals surface area contributed by atoms with E-state index in [9.17, 15) is 45.0 Å². The minimum atomic E-state index is -1.98. The number of nitrogens with zero attached hydrogens (tertiary/aromatic N) is 3. The van der Waals surface area contributed by atoms with E-state index in [-0.39, 0.29) is 55.1 Å². The van der Waals surface area contributed by atoms with Gasteiger partial charge in [0.25, 0.3) is 5.91 Å². The van der Waals surface area contributed by atoms with Gasteiger partial charge in [-0.3, -0.25) is 19.3 Å². The maximum atomic E-state index is 14.9. The Balaban J connectivity index is 1.47. The maximum Gasteiger partial charge on any atom is 0.307 e. The number of rotatable bonds is 5. The van der Waals surface area contributed by atoms with E-state index >= 15 is 0 Å². The highest BCUT2D eigenvalue weighted by Gasteiger charge is 2.44. The predicted molar refractivity (Wildman–Crippen MR) is 250 cm³/mol. The topological polar surface area (TPSA) is 245 Å². The summed E-state index contributed by atoms with van der Waals surface area (Å²) in [5.74, 6) is -6.24. The number of nitrogens with one attached hydrogen (secondary N) is 1. The molecule has 4 bridgehead atoms. The number of carbonyl (C=O) groups excluding carboxylic acids is 1. The van der Waals surface area contributed by atoms with Crippen LogP contribution in [0.3, 0.4) is 0 Å². The summed E-state index contributed by atoms with van der Waals surface area (Å²) in [4.78, 5) is 52.1. The average molecular weight is 915 g/mol. The molecule has 1 saturated heterocycles. The van der Waals surface area contributed by atoms with Crippen LogP contribution in [0.25, 0.3) is 38.7 Å². The Labute approximate surface area is 381 Å². The summed E-state index contributed by atoms with van der Waals surface area (Å²) in [7, 11) is 1.43. The van der Waals surface area contributed by atoms with E-state index in [1.54, 1.807) is 39.8 Å². The molecule has 0 saturated carbocycles. The molecule has 3 aliphatic rings. The van der Waals surface area contributed by atoms with E-state index in [0.717, 1.165) is 19.6 Å². The summed E-state index contributed by atoms with van der Waals surface area (Å²) in [5, 5.41) is 70.4. The zero-order valence-electron chi connectivity index (χ0n) is 38.9. The molecule has 17 nitrogen and oxygen atoms in total. The lowest BCUT2D eigenvalue weighted by Crippen LogP contribution is -2.47. The molecular weight excluding hydrogens is 853 g/mol. The number of fused-ring (bicyclic) bond motifs is 2. The van der Waals surface area contributed by atoms with Gasteiger partial charge in [-0.2, -0.15) is 0 Å². The second kappa shape index (κ2) is 19.0. The van der Waals surface area contributed by atoms with Crippen LogP contribution in [0.15, 0.2) is 62.3 Å². The first-order valence-electron chi connectivity index (χ1n) is 22.5. The van der Waals surface area contributed by atoms with Crippen LogP contribution < -0.4 is 31.0 Å². The first-order chi connectivity index (χ1) is 31.2. The zero-order chi connectivity index (χ0) is 48.1. The number of phenolic OH excluding ortho intramolecular Hbond substituents is 1. The summed E-state index contributed by atoms with van der Waals surface area (Å²) >= 11 is 0. The predicted octanol–water partition coefficient (Wildman–Crippen LogP) is 3.74. The monoisotopic (exact) mass is 914 g/mol. The van der Waals surface area contributed by atoms with E-state index in [4.69, 9.17) is 23.6 Å². The van der Waals surface area contributed by atoms with E-state index in [1.807, 2.05) is 0 Å². The highest BCUT2D eigenvalue weighted by atomic mass is 16.7. The fourth-order valence-electron chi connectivity index (χ4n) is 9.45. The molecule has 0 spiro atoms. The summed E-state index contributed by atoms with van der Waals surface area (Å²) in [5.41, 5.74) is -2.09. The van der Waals surface area contributed by atoms with Crippen molar-refractivity contribution >= 4 is 56.0 Å². The van der Waals surface area contributed by atoms with Crippen molar-refractivity contribution in [2.45, 2.75) is 85.6 Å². The van der Waals surface area contributed by atoms with Gasteiger partial charge < -0.3 is 59.5 Å². The molecular formula is C49H62N4O13. The van der Waals surface area contributed by atoms with Crippen LogP contribution in [0.4, 0.5) is 11.4 Å². The molecule has 0 unspecified atom stereocenters. The first-order valence-corrected chi connectivity index (χ1v) is 22.5. The molecule has 7 N–H and O–H groups in total. The zero-order valence-corrected chi connectivity index (χ0v) is 38.9. The Hall–Kier alpha value is -5.56. The molecule has 1 aromatic heterocycles. The van der Waals surface area contributed by atoms with E-state index < -0.39 is 94.4 Å². The van der Waals surface area contributed by atoms with Gasteiger partial charge in [-0.25, -0.2) is 4.98 Å². The molecule has 1 amide bonds. The number of phenols is 1. The number of methoxy groups -OCH3 is 1. The quantitative estimate of drug-likeness (QED) is 0.111. The van der Waals surface area contributed by atoms with Gasteiger partial charge in [-0.15, -0.1) is 0 Å². The van der Waals surface area contributed by atoms with Gasteiger partial charge in [0.1, 0.15) is 22.7 Å². The Morgan fingerprint density at radius 1 is 0.924 bits per heavy atom. The van der Waals surface area contributed by atoms with Gasteiger partial charge in [-0.1, -0.05) is 59.8 Å². The third-order valence-electron chi connectivity index (χ3n) is 13.6. The second-order valence-corrected chi connectivity index (χ2v) is 18.6. The Morgan fingerprint density at radius 2 is 1.59 bits per heavy atom. The number of hydrogen-bond donors (Lipinski definition) is 7. The number of ether oxygens (including phenoxy) is 3. The normalized spacial score (nSPS) is 29.7. The number of aliphatic hydroxyl groups is 5. The van der Waals surface area contributed by atoms with Crippen LogP contribution in [-0.2, 0) is 14.3 Å². The van der Waals surface area contributed by atoms with Gasteiger partial charge in [0, 0.05) is 105 Å². The van der Waals surface area contributed by atoms with E-state index in [0.29, 0.717) is 24.7 Å². The molecule has 1 fully saturated rings. The lowest BCUT2D eigenvalue weighted by molar-refractivity contribution is -0.113. The number of benzene rings is 3. The molecule has 356 valence electrons. The van der Waals surface area contributed by atoms with Crippen molar-refractivity contribution in [3.8, 4) is 11.5 Å². The van der Waals surface area contributed by atoms with Gasteiger partial charge >= 0.3 is 5.79 Å². The summed E-state index contributed by atoms with van der Waals surface area (Å²) in [6.45, 7) is 16.9. The van der Waals surface area contributed by atoms with Crippen molar-refractivity contribution in [3.05, 3.63) is 79.5 Å². The van der Waals surface area contributed by atoms with Crippen molar-refractivity contribution in [2.75, 3.05) is 56.7 Å². The van der Waals surface area contributed by atoms with Gasteiger partial charge in [0.15, 0.2) is 22.4 Å². The molecule has 66 heavy (non-hydrogen) atoms. The second-order valence-electron chi connectivity index (χ2n) is 18.6. The van der Waals surface area contributed by atoms with Crippen LogP contribution in [0, 0.1) is 36.5 Å². The number of aromatic nitrogens is 1. The summed E-state index contributed by atoms with van der Waals surface area (Å²) < 4.78 is 24.5. The first kappa shape index (κ1) is 48.4. The Morgan fingerprint density at radius 3 is 2.24 bits per heavy atom. The molecule has 4 heterocycles. The molecule has 3 aromatic carbocycles. The number of aromatic hydroxyl groups is 1. The Kier molecular flexibility index (Phi) is 13.9. The largest absolute Gasteiger partial charge is 0.507 e. The van der Waals surface area contributed by atoms with Crippen molar-refractivity contribution in [1.82, 2.24) is 9.88 Å². The summed E-state index contributed by atoms with van der Waals surface area (Å²) in [6, 6.07) is 3.11.